The number of aromatic amines is 1. The largest absolute Gasteiger partial charge is 0.496 e. The van der Waals surface area contributed by atoms with Crippen LogP contribution < -0.4 is 4.74 Å². The molecule has 2 heterocycles. The number of Topliss-reactive ketones (excluding diaryl/α,β-unsaturated/α-hetero) is 1. The van der Waals surface area contributed by atoms with E-state index in [4.69, 9.17) is 9.72 Å². The standard InChI is InChI=1S/C22H27N3O2/c1-3-16(26)10-6-4-5-7-13-22-23-15-20(25-22)19-14-21(27-2)17-11-8-9-12-18(17)24-19/h8-9,11-12,14-15H,3-7,10,13H2,1-2H3,(H,23,25). The lowest BCUT2D eigenvalue weighted by atomic mass is 10.1. The Morgan fingerprint density at radius 1 is 1.15 bits per heavy atom. The number of fused-ring (bicyclic) bond motifs is 1. The maximum absolute atomic E-state index is 11.3. The molecule has 5 nitrogen and oxygen atoms in total. The van der Waals surface area contributed by atoms with E-state index in [-0.39, 0.29) is 0 Å². The monoisotopic (exact) mass is 365 g/mol. The summed E-state index contributed by atoms with van der Waals surface area (Å²) in [7, 11) is 1.68. The normalized spacial score (nSPS) is 11.0. The molecular formula is C22H27N3O2. The van der Waals surface area contributed by atoms with E-state index >= 15 is 0 Å². The Kier molecular flexibility index (Phi) is 6.58. The van der Waals surface area contributed by atoms with Crippen molar-refractivity contribution in [1.82, 2.24) is 15.0 Å². The second-order valence-corrected chi connectivity index (χ2v) is 6.78. The van der Waals surface area contributed by atoms with Crippen molar-refractivity contribution in [3.05, 3.63) is 42.4 Å². The van der Waals surface area contributed by atoms with Crippen LogP contribution in [0.4, 0.5) is 0 Å². The maximum Gasteiger partial charge on any atom is 0.132 e. The van der Waals surface area contributed by atoms with Crippen LogP contribution in [0.5, 0.6) is 5.75 Å². The van der Waals surface area contributed by atoms with E-state index in [0.717, 1.165) is 72.4 Å². The number of rotatable bonds is 10. The van der Waals surface area contributed by atoms with Gasteiger partial charge in [0.15, 0.2) is 0 Å². The number of unbranched alkanes of at least 4 members (excludes halogenated alkanes) is 3. The molecule has 27 heavy (non-hydrogen) atoms. The van der Waals surface area contributed by atoms with Gasteiger partial charge in [-0.05, 0) is 25.0 Å². The summed E-state index contributed by atoms with van der Waals surface area (Å²) in [4.78, 5) is 23.9. The van der Waals surface area contributed by atoms with Crippen LogP contribution in [0, 0.1) is 0 Å². The number of ketones is 1. The minimum atomic E-state index is 0.365. The fourth-order valence-electron chi connectivity index (χ4n) is 3.21. The molecule has 3 rings (SSSR count). The zero-order chi connectivity index (χ0) is 19.1. The van der Waals surface area contributed by atoms with Crippen LogP contribution in [0.25, 0.3) is 22.3 Å². The molecule has 0 aliphatic rings. The number of methoxy groups -OCH3 is 1. The first-order valence-electron chi connectivity index (χ1n) is 9.71. The summed E-state index contributed by atoms with van der Waals surface area (Å²) in [6.45, 7) is 1.93. The number of H-pyrrole nitrogens is 1. The van der Waals surface area contributed by atoms with E-state index in [0.29, 0.717) is 12.2 Å². The molecule has 0 spiro atoms. The van der Waals surface area contributed by atoms with Gasteiger partial charge in [0.25, 0.3) is 0 Å². The first kappa shape index (κ1) is 19.1. The number of nitrogens with one attached hydrogen (secondary N) is 1. The molecule has 0 saturated carbocycles. The predicted molar refractivity (Wildman–Crippen MR) is 108 cm³/mol. The highest BCUT2D eigenvalue weighted by Crippen LogP contribution is 2.29. The van der Waals surface area contributed by atoms with Crippen molar-refractivity contribution in [3.63, 3.8) is 0 Å². The van der Waals surface area contributed by atoms with Gasteiger partial charge < -0.3 is 9.72 Å². The lowest BCUT2D eigenvalue weighted by Crippen LogP contribution is -1.95. The van der Waals surface area contributed by atoms with Gasteiger partial charge >= 0.3 is 0 Å². The Balaban J connectivity index is 1.59. The van der Waals surface area contributed by atoms with E-state index in [2.05, 4.69) is 9.97 Å². The Bertz CT molecular complexity index is 901. The Morgan fingerprint density at radius 3 is 2.78 bits per heavy atom. The average molecular weight is 365 g/mol. The molecular weight excluding hydrogens is 338 g/mol. The van der Waals surface area contributed by atoms with Crippen molar-refractivity contribution in [3.8, 4) is 17.1 Å². The van der Waals surface area contributed by atoms with Gasteiger partial charge in [-0.3, -0.25) is 4.79 Å². The maximum atomic E-state index is 11.3. The number of para-hydroxylation sites is 1. The molecule has 0 radical (unpaired) electrons. The van der Waals surface area contributed by atoms with Gasteiger partial charge in [0.05, 0.1) is 30.2 Å². The molecule has 0 saturated heterocycles. The lowest BCUT2D eigenvalue weighted by molar-refractivity contribution is -0.118. The fraction of sp³-hybridized carbons (Fsp3) is 0.409. The summed E-state index contributed by atoms with van der Waals surface area (Å²) < 4.78 is 5.53. The van der Waals surface area contributed by atoms with Crippen LogP contribution in [0.3, 0.4) is 0 Å². The molecule has 2 aromatic heterocycles. The van der Waals surface area contributed by atoms with E-state index < -0.39 is 0 Å². The average Bonchev–Trinajstić information content (AvgIpc) is 3.18. The van der Waals surface area contributed by atoms with Gasteiger partial charge in [-0.15, -0.1) is 0 Å². The van der Waals surface area contributed by atoms with Gasteiger partial charge in [0, 0.05) is 30.7 Å². The van der Waals surface area contributed by atoms with Crippen molar-refractivity contribution in [2.24, 2.45) is 0 Å². The highest BCUT2D eigenvalue weighted by molar-refractivity contribution is 5.87. The second kappa shape index (κ2) is 9.31. The highest BCUT2D eigenvalue weighted by atomic mass is 16.5. The summed E-state index contributed by atoms with van der Waals surface area (Å²) in [5.74, 6) is 2.15. The van der Waals surface area contributed by atoms with Crippen molar-refractivity contribution in [2.75, 3.05) is 7.11 Å². The number of imidazole rings is 1. The van der Waals surface area contributed by atoms with Crippen molar-refractivity contribution in [1.29, 1.82) is 0 Å². The van der Waals surface area contributed by atoms with E-state index in [1.165, 1.54) is 0 Å². The van der Waals surface area contributed by atoms with Crippen molar-refractivity contribution >= 4 is 16.7 Å². The molecule has 0 amide bonds. The van der Waals surface area contributed by atoms with Gasteiger partial charge in [0.1, 0.15) is 17.4 Å². The second-order valence-electron chi connectivity index (χ2n) is 6.78. The van der Waals surface area contributed by atoms with Gasteiger partial charge in [-0.1, -0.05) is 31.9 Å². The molecule has 0 atom stereocenters. The van der Waals surface area contributed by atoms with Crippen LogP contribution in [0.2, 0.25) is 0 Å². The SMILES string of the molecule is CCC(=O)CCCCCCc1ncc(-c2cc(OC)c3ccccc3n2)[nH]1. The third-order valence-corrected chi connectivity index (χ3v) is 4.82. The summed E-state index contributed by atoms with van der Waals surface area (Å²) >= 11 is 0. The van der Waals surface area contributed by atoms with Crippen LogP contribution in [-0.2, 0) is 11.2 Å². The van der Waals surface area contributed by atoms with Crippen LogP contribution in [0.15, 0.2) is 36.5 Å². The van der Waals surface area contributed by atoms with Gasteiger partial charge in [-0.25, -0.2) is 9.97 Å². The van der Waals surface area contributed by atoms with Crippen LogP contribution >= 0.6 is 0 Å². The molecule has 0 bridgehead atoms. The Morgan fingerprint density at radius 2 is 1.96 bits per heavy atom. The summed E-state index contributed by atoms with van der Waals surface area (Å²) in [5, 5.41) is 1.00. The number of pyridine rings is 1. The number of benzene rings is 1. The predicted octanol–water partition coefficient (Wildman–Crippen LogP) is 5.11. The van der Waals surface area contributed by atoms with E-state index in [9.17, 15) is 4.79 Å². The van der Waals surface area contributed by atoms with Gasteiger partial charge in [0.2, 0.25) is 0 Å². The number of carbonyl (C=O) groups excluding carboxylic acids is 1. The minimum Gasteiger partial charge on any atom is -0.496 e. The number of hydrogen-bond donors (Lipinski definition) is 1. The minimum absolute atomic E-state index is 0.365. The van der Waals surface area contributed by atoms with Crippen molar-refractivity contribution < 1.29 is 9.53 Å². The molecule has 0 fully saturated rings. The number of aromatic nitrogens is 3. The summed E-state index contributed by atoms with van der Waals surface area (Å²) in [6.07, 6.45) is 8.41. The van der Waals surface area contributed by atoms with Crippen LogP contribution in [-0.4, -0.2) is 27.8 Å². The van der Waals surface area contributed by atoms with E-state index in [1.54, 1.807) is 7.11 Å². The first-order valence-corrected chi connectivity index (χ1v) is 9.71. The first-order chi connectivity index (χ1) is 13.2. The third kappa shape index (κ3) is 4.94. The molecule has 0 aliphatic carbocycles. The molecule has 0 aliphatic heterocycles. The molecule has 142 valence electrons. The number of nitrogens with zero attached hydrogens (tertiary/aromatic N) is 2. The van der Waals surface area contributed by atoms with E-state index in [1.807, 2.05) is 43.5 Å². The molecule has 1 N–H and O–H groups in total. The number of ether oxygens (including phenoxy) is 1. The zero-order valence-electron chi connectivity index (χ0n) is 16.1. The third-order valence-electron chi connectivity index (χ3n) is 4.82. The molecule has 3 aromatic rings. The lowest BCUT2D eigenvalue weighted by Gasteiger charge is -2.07. The Hall–Kier alpha value is -2.69. The quantitative estimate of drug-likeness (QED) is 0.507. The highest BCUT2D eigenvalue weighted by Gasteiger charge is 2.10. The molecule has 1 aromatic carbocycles. The smallest absolute Gasteiger partial charge is 0.132 e. The Labute approximate surface area is 160 Å². The number of aryl methyl sites for hydroxylation is 1. The van der Waals surface area contributed by atoms with Crippen molar-refractivity contribution in [2.45, 2.75) is 51.9 Å². The summed E-state index contributed by atoms with van der Waals surface area (Å²) in [5.41, 5.74) is 2.65. The number of carbonyl (C=O) groups is 1. The topological polar surface area (TPSA) is 67.9 Å². The number of hydrogen-bond acceptors (Lipinski definition) is 4. The van der Waals surface area contributed by atoms with Crippen LogP contribution in [0.1, 0.15) is 51.3 Å². The molecule has 0 unspecified atom stereocenters. The zero-order valence-corrected chi connectivity index (χ0v) is 16.1. The van der Waals surface area contributed by atoms with Gasteiger partial charge in [-0.2, -0.15) is 0 Å². The molecule has 5 heteroatoms. The summed E-state index contributed by atoms with van der Waals surface area (Å²) in [6, 6.07) is 9.91. The fourth-order valence-corrected chi connectivity index (χ4v) is 3.21.